The number of likely N-dealkylation sites (tertiary alicyclic amines) is 1. The molecule has 0 radical (unpaired) electrons. The highest BCUT2D eigenvalue weighted by atomic mass is 16.5. The maximum absolute atomic E-state index is 13.3. The molecular weight excluding hydrogens is 360 g/mol. The Kier molecular flexibility index (Phi) is 4.97. The van der Waals surface area contributed by atoms with Gasteiger partial charge in [-0.1, -0.05) is 26.0 Å². The van der Waals surface area contributed by atoms with Gasteiger partial charge in [0.15, 0.2) is 0 Å². The monoisotopic (exact) mass is 386 g/mol. The number of amides is 5. The van der Waals surface area contributed by atoms with Crippen molar-refractivity contribution in [2.45, 2.75) is 38.3 Å². The highest BCUT2D eigenvalue weighted by Gasteiger charge is 2.50. The first kappa shape index (κ1) is 18.7. The van der Waals surface area contributed by atoms with E-state index in [-0.39, 0.29) is 18.0 Å². The molecule has 1 aromatic carbocycles. The molecule has 1 N–H and O–H groups in total. The Morgan fingerprint density at radius 2 is 1.79 bits per heavy atom. The van der Waals surface area contributed by atoms with E-state index in [4.69, 9.17) is 4.74 Å². The Morgan fingerprint density at radius 1 is 1.11 bits per heavy atom. The first-order valence-corrected chi connectivity index (χ1v) is 9.85. The Labute approximate surface area is 164 Å². The predicted octanol–water partition coefficient (Wildman–Crippen LogP) is 1.76. The summed E-state index contributed by atoms with van der Waals surface area (Å²) in [6, 6.07) is 5.84. The van der Waals surface area contributed by atoms with Crippen LogP contribution < -0.4 is 10.2 Å². The van der Waals surface area contributed by atoms with Gasteiger partial charge in [-0.05, 0) is 30.0 Å². The second-order valence-corrected chi connectivity index (χ2v) is 7.78. The molecule has 3 aliphatic rings. The van der Waals surface area contributed by atoms with Crippen molar-refractivity contribution in [3.05, 3.63) is 29.8 Å². The molecule has 3 aliphatic heterocycles. The average Bonchev–Trinajstić information content (AvgIpc) is 3.12. The zero-order valence-corrected chi connectivity index (χ0v) is 16.3. The summed E-state index contributed by atoms with van der Waals surface area (Å²) in [5.74, 6) is 0.0194. The number of imide groups is 1. The van der Waals surface area contributed by atoms with Crippen LogP contribution in [-0.4, -0.2) is 72.7 Å². The van der Waals surface area contributed by atoms with E-state index in [0.29, 0.717) is 50.9 Å². The molecule has 5 amide bonds. The van der Waals surface area contributed by atoms with Gasteiger partial charge in [0.25, 0.3) is 5.91 Å². The zero-order valence-electron chi connectivity index (χ0n) is 16.3. The Balaban J connectivity index is 1.57. The van der Waals surface area contributed by atoms with Gasteiger partial charge < -0.3 is 19.9 Å². The van der Waals surface area contributed by atoms with Crippen LogP contribution in [0.15, 0.2) is 24.3 Å². The summed E-state index contributed by atoms with van der Waals surface area (Å²) in [7, 11) is 0. The molecule has 3 saturated heterocycles. The normalized spacial score (nSPS) is 25.2. The van der Waals surface area contributed by atoms with Crippen molar-refractivity contribution in [2.24, 2.45) is 0 Å². The molecule has 4 rings (SSSR count). The van der Waals surface area contributed by atoms with Gasteiger partial charge in [-0.25, -0.2) is 14.5 Å². The van der Waals surface area contributed by atoms with Crippen molar-refractivity contribution >= 4 is 23.7 Å². The van der Waals surface area contributed by atoms with E-state index in [0.717, 1.165) is 10.5 Å². The summed E-state index contributed by atoms with van der Waals surface area (Å²) in [6.45, 7) is 6.69. The predicted molar refractivity (Wildman–Crippen MR) is 103 cm³/mol. The first-order valence-electron chi connectivity index (χ1n) is 9.85. The fraction of sp³-hybridized carbons (Fsp3) is 0.550. The molecule has 150 valence electrons. The number of hydrogen-bond donors (Lipinski definition) is 1. The van der Waals surface area contributed by atoms with Gasteiger partial charge in [-0.15, -0.1) is 0 Å². The lowest BCUT2D eigenvalue weighted by atomic mass is 10.0. The molecule has 0 bridgehead atoms. The van der Waals surface area contributed by atoms with E-state index < -0.39 is 12.1 Å². The molecule has 3 heterocycles. The summed E-state index contributed by atoms with van der Waals surface area (Å²) < 4.78 is 5.31. The van der Waals surface area contributed by atoms with Crippen LogP contribution in [0.25, 0.3) is 0 Å². The number of anilines is 1. The number of rotatable bonds is 2. The molecule has 1 aromatic rings. The van der Waals surface area contributed by atoms with E-state index in [1.54, 1.807) is 21.9 Å². The number of ether oxygens (including phenoxy) is 1. The molecule has 2 atom stereocenters. The second kappa shape index (κ2) is 7.43. The fourth-order valence-corrected chi connectivity index (χ4v) is 4.11. The molecular formula is C20H26N4O4. The minimum Gasteiger partial charge on any atom is -0.378 e. The van der Waals surface area contributed by atoms with Gasteiger partial charge >= 0.3 is 12.1 Å². The standard InChI is InChI=1S/C20H26N4O4/c1-13(2)14-3-5-15(6-4-14)24-18(25)17-16(21-19(24)26)7-8-23(17)20(27)22-9-11-28-12-10-22/h3-6,13,16-17H,7-12H2,1-2H3,(H,21,26). The van der Waals surface area contributed by atoms with E-state index in [2.05, 4.69) is 19.2 Å². The molecule has 8 heteroatoms. The van der Waals surface area contributed by atoms with Gasteiger partial charge in [0, 0.05) is 19.6 Å². The number of fused-ring (bicyclic) bond motifs is 1. The van der Waals surface area contributed by atoms with E-state index in [1.165, 1.54) is 0 Å². The molecule has 28 heavy (non-hydrogen) atoms. The third-order valence-corrected chi connectivity index (χ3v) is 5.73. The smallest absolute Gasteiger partial charge is 0.329 e. The van der Waals surface area contributed by atoms with Crippen LogP contribution in [-0.2, 0) is 9.53 Å². The maximum atomic E-state index is 13.3. The van der Waals surface area contributed by atoms with E-state index in [9.17, 15) is 14.4 Å². The van der Waals surface area contributed by atoms with Crippen molar-refractivity contribution in [2.75, 3.05) is 37.7 Å². The lowest BCUT2D eigenvalue weighted by molar-refractivity contribution is -0.122. The number of urea groups is 2. The van der Waals surface area contributed by atoms with Gasteiger partial charge in [0.1, 0.15) is 6.04 Å². The number of hydrogen-bond acceptors (Lipinski definition) is 4. The van der Waals surface area contributed by atoms with Crippen LogP contribution in [0.5, 0.6) is 0 Å². The van der Waals surface area contributed by atoms with Crippen LogP contribution in [0.2, 0.25) is 0 Å². The highest BCUT2D eigenvalue weighted by Crippen LogP contribution is 2.29. The second-order valence-electron chi connectivity index (χ2n) is 7.78. The summed E-state index contributed by atoms with van der Waals surface area (Å²) in [5, 5.41) is 2.91. The third-order valence-electron chi connectivity index (χ3n) is 5.73. The number of nitrogens with one attached hydrogen (secondary N) is 1. The molecule has 2 unspecified atom stereocenters. The van der Waals surface area contributed by atoms with Crippen LogP contribution >= 0.6 is 0 Å². The third kappa shape index (κ3) is 3.22. The molecule has 0 spiro atoms. The van der Waals surface area contributed by atoms with Crippen molar-refractivity contribution in [3.8, 4) is 0 Å². The minimum atomic E-state index is -0.669. The first-order chi connectivity index (χ1) is 13.5. The Morgan fingerprint density at radius 3 is 2.43 bits per heavy atom. The van der Waals surface area contributed by atoms with Crippen LogP contribution in [0.4, 0.5) is 15.3 Å². The molecule has 0 aromatic heterocycles. The van der Waals surface area contributed by atoms with E-state index >= 15 is 0 Å². The lowest BCUT2D eigenvalue weighted by Gasteiger charge is -2.39. The SMILES string of the molecule is CC(C)c1ccc(N2C(=O)NC3CCN(C(=O)N4CCOCC4)C3C2=O)cc1. The number of carbonyl (C=O) groups is 3. The van der Waals surface area contributed by atoms with Crippen LogP contribution in [0.3, 0.4) is 0 Å². The highest BCUT2D eigenvalue weighted by molar-refractivity contribution is 6.19. The van der Waals surface area contributed by atoms with Gasteiger partial charge in [0.2, 0.25) is 0 Å². The quantitative estimate of drug-likeness (QED) is 0.840. The summed E-state index contributed by atoms with van der Waals surface area (Å²) in [5.41, 5.74) is 1.66. The largest absolute Gasteiger partial charge is 0.378 e. The summed E-state index contributed by atoms with van der Waals surface area (Å²) in [6.07, 6.45) is 0.582. The topological polar surface area (TPSA) is 82.2 Å². The Hall–Kier alpha value is -2.61. The van der Waals surface area contributed by atoms with E-state index in [1.807, 2.05) is 12.1 Å². The fourth-order valence-electron chi connectivity index (χ4n) is 4.11. The number of carbonyl (C=O) groups excluding carboxylic acids is 3. The summed E-state index contributed by atoms with van der Waals surface area (Å²) in [4.78, 5) is 43.3. The average molecular weight is 386 g/mol. The zero-order chi connectivity index (χ0) is 19.8. The van der Waals surface area contributed by atoms with Crippen molar-refractivity contribution in [1.82, 2.24) is 15.1 Å². The Bertz CT molecular complexity index is 773. The van der Waals surface area contributed by atoms with Gasteiger partial charge in [-0.2, -0.15) is 0 Å². The molecule has 8 nitrogen and oxygen atoms in total. The number of nitrogens with zero attached hydrogens (tertiary/aromatic N) is 3. The van der Waals surface area contributed by atoms with Crippen molar-refractivity contribution in [1.29, 1.82) is 0 Å². The summed E-state index contributed by atoms with van der Waals surface area (Å²) >= 11 is 0. The lowest BCUT2D eigenvalue weighted by Crippen LogP contribution is -2.66. The molecule has 0 aliphatic carbocycles. The van der Waals surface area contributed by atoms with Gasteiger partial charge in [0.05, 0.1) is 24.9 Å². The van der Waals surface area contributed by atoms with Crippen molar-refractivity contribution < 1.29 is 19.1 Å². The maximum Gasteiger partial charge on any atom is 0.329 e. The number of benzene rings is 1. The molecule has 0 saturated carbocycles. The van der Waals surface area contributed by atoms with Crippen LogP contribution in [0, 0.1) is 0 Å². The van der Waals surface area contributed by atoms with Crippen molar-refractivity contribution in [3.63, 3.8) is 0 Å². The molecule has 3 fully saturated rings. The van der Waals surface area contributed by atoms with Crippen LogP contribution in [0.1, 0.15) is 31.7 Å². The minimum absolute atomic E-state index is 0.157. The number of morpholine rings is 1. The van der Waals surface area contributed by atoms with Gasteiger partial charge in [-0.3, -0.25) is 4.79 Å².